The molecule has 14 heavy (non-hydrogen) atoms. The van der Waals surface area contributed by atoms with Gasteiger partial charge in [-0.05, 0) is 41.9 Å². The van der Waals surface area contributed by atoms with Crippen molar-refractivity contribution in [2.75, 3.05) is 0 Å². The Labute approximate surface area is 90.5 Å². The SMILES string of the molecule is CC(C)CCC(C)C1(C)CC(C)C1C. The van der Waals surface area contributed by atoms with E-state index in [0.717, 1.165) is 23.7 Å². The first kappa shape index (κ1) is 12.1. The summed E-state index contributed by atoms with van der Waals surface area (Å²) in [4.78, 5) is 0. The number of hydrogen-bond donors (Lipinski definition) is 0. The Hall–Kier alpha value is 0. The summed E-state index contributed by atoms with van der Waals surface area (Å²) in [5.74, 6) is 3.68. The first-order chi connectivity index (χ1) is 6.38. The molecule has 84 valence electrons. The van der Waals surface area contributed by atoms with Crippen molar-refractivity contribution in [2.45, 2.75) is 60.8 Å². The molecule has 0 aromatic carbocycles. The minimum atomic E-state index is 0.647. The molecule has 1 saturated carbocycles. The molecule has 4 atom stereocenters. The van der Waals surface area contributed by atoms with Crippen LogP contribution in [0.2, 0.25) is 0 Å². The van der Waals surface area contributed by atoms with Crippen LogP contribution in [0.3, 0.4) is 0 Å². The van der Waals surface area contributed by atoms with Crippen molar-refractivity contribution in [2.24, 2.45) is 29.1 Å². The van der Waals surface area contributed by atoms with E-state index in [2.05, 4.69) is 41.5 Å². The fourth-order valence-corrected chi connectivity index (χ4v) is 3.11. The zero-order chi connectivity index (χ0) is 10.9. The third-order valence-electron chi connectivity index (χ3n) is 4.96. The van der Waals surface area contributed by atoms with Gasteiger partial charge in [-0.2, -0.15) is 0 Å². The predicted octanol–water partition coefficient (Wildman–Crippen LogP) is 4.74. The Morgan fingerprint density at radius 1 is 1.14 bits per heavy atom. The molecular formula is C14H28. The Balaban J connectivity index is 2.41. The highest BCUT2D eigenvalue weighted by Gasteiger charge is 2.48. The van der Waals surface area contributed by atoms with E-state index in [0.29, 0.717) is 5.41 Å². The van der Waals surface area contributed by atoms with Crippen molar-refractivity contribution in [3.8, 4) is 0 Å². The molecule has 0 heteroatoms. The summed E-state index contributed by atoms with van der Waals surface area (Å²) in [5, 5.41) is 0. The van der Waals surface area contributed by atoms with Gasteiger partial charge < -0.3 is 0 Å². The van der Waals surface area contributed by atoms with E-state index in [1.807, 2.05) is 0 Å². The van der Waals surface area contributed by atoms with Gasteiger partial charge in [-0.15, -0.1) is 0 Å². The maximum Gasteiger partial charge on any atom is -0.0269 e. The summed E-state index contributed by atoms with van der Waals surface area (Å²) in [7, 11) is 0. The lowest BCUT2D eigenvalue weighted by Crippen LogP contribution is -2.47. The van der Waals surface area contributed by atoms with Crippen LogP contribution in [0.5, 0.6) is 0 Å². The van der Waals surface area contributed by atoms with Crippen molar-refractivity contribution < 1.29 is 0 Å². The monoisotopic (exact) mass is 196 g/mol. The zero-order valence-corrected chi connectivity index (χ0v) is 10.9. The van der Waals surface area contributed by atoms with E-state index in [9.17, 15) is 0 Å². The van der Waals surface area contributed by atoms with Gasteiger partial charge in [-0.1, -0.05) is 48.0 Å². The minimum Gasteiger partial charge on any atom is -0.0628 e. The van der Waals surface area contributed by atoms with Crippen LogP contribution >= 0.6 is 0 Å². The third kappa shape index (κ3) is 2.15. The van der Waals surface area contributed by atoms with E-state index in [1.54, 1.807) is 0 Å². The summed E-state index contributed by atoms with van der Waals surface area (Å²) < 4.78 is 0. The van der Waals surface area contributed by atoms with Gasteiger partial charge in [0.2, 0.25) is 0 Å². The molecule has 0 saturated heterocycles. The van der Waals surface area contributed by atoms with Gasteiger partial charge in [-0.25, -0.2) is 0 Å². The summed E-state index contributed by atoms with van der Waals surface area (Å²) in [6.45, 7) is 14.5. The number of rotatable bonds is 4. The average molecular weight is 196 g/mol. The molecule has 0 aliphatic heterocycles. The largest absolute Gasteiger partial charge is 0.0628 e. The van der Waals surface area contributed by atoms with E-state index in [-0.39, 0.29) is 0 Å². The van der Waals surface area contributed by atoms with Crippen LogP contribution in [0.25, 0.3) is 0 Å². The van der Waals surface area contributed by atoms with Crippen LogP contribution in [0.15, 0.2) is 0 Å². The Bertz CT molecular complexity index is 182. The van der Waals surface area contributed by atoms with Gasteiger partial charge >= 0.3 is 0 Å². The van der Waals surface area contributed by atoms with Gasteiger partial charge in [0.25, 0.3) is 0 Å². The second-order valence-electron chi connectivity index (χ2n) is 6.35. The van der Waals surface area contributed by atoms with Crippen molar-refractivity contribution in [3.05, 3.63) is 0 Å². The highest BCUT2D eigenvalue weighted by molar-refractivity contribution is 4.97. The molecule has 0 heterocycles. The second-order valence-corrected chi connectivity index (χ2v) is 6.35. The van der Waals surface area contributed by atoms with E-state index in [4.69, 9.17) is 0 Å². The lowest BCUT2D eigenvalue weighted by Gasteiger charge is -2.55. The Morgan fingerprint density at radius 3 is 2.07 bits per heavy atom. The van der Waals surface area contributed by atoms with Gasteiger partial charge in [0, 0.05) is 0 Å². The van der Waals surface area contributed by atoms with Crippen molar-refractivity contribution >= 4 is 0 Å². The molecule has 0 aromatic heterocycles. The molecular weight excluding hydrogens is 168 g/mol. The standard InChI is InChI=1S/C14H28/c1-10(2)7-8-12(4)14(6)9-11(3)13(14)5/h10-13H,7-9H2,1-6H3. The van der Waals surface area contributed by atoms with E-state index in [1.165, 1.54) is 19.3 Å². The van der Waals surface area contributed by atoms with Gasteiger partial charge in [0.1, 0.15) is 0 Å². The highest BCUT2D eigenvalue weighted by Crippen LogP contribution is 2.56. The second kappa shape index (κ2) is 4.24. The lowest BCUT2D eigenvalue weighted by atomic mass is 9.50. The maximum atomic E-state index is 2.50. The van der Waals surface area contributed by atoms with Crippen molar-refractivity contribution in [1.82, 2.24) is 0 Å². The summed E-state index contributed by atoms with van der Waals surface area (Å²) >= 11 is 0. The number of hydrogen-bond acceptors (Lipinski definition) is 0. The smallest absolute Gasteiger partial charge is 0.0269 e. The van der Waals surface area contributed by atoms with Crippen LogP contribution in [0.4, 0.5) is 0 Å². The predicted molar refractivity (Wildman–Crippen MR) is 64.3 cm³/mol. The van der Waals surface area contributed by atoms with Gasteiger partial charge in [0.15, 0.2) is 0 Å². The average Bonchev–Trinajstić information content (AvgIpc) is 2.13. The molecule has 0 nitrogen and oxygen atoms in total. The topological polar surface area (TPSA) is 0 Å². The molecule has 1 aliphatic rings. The minimum absolute atomic E-state index is 0.647. The third-order valence-corrected chi connectivity index (χ3v) is 4.96. The first-order valence-electron chi connectivity index (χ1n) is 6.38. The van der Waals surface area contributed by atoms with Crippen LogP contribution < -0.4 is 0 Å². The summed E-state index contributed by atoms with van der Waals surface area (Å²) in [6.07, 6.45) is 4.27. The van der Waals surface area contributed by atoms with E-state index < -0.39 is 0 Å². The zero-order valence-electron chi connectivity index (χ0n) is 10.9. The fraction of sp³-hybridized carbons (Fsp3) is 1.00. The molecule has 0 amide bonds. The Morgan fingerprint density at radius 2 is 1.71 bits per heavy atom. The first-order valence-corrected chi connectivity index (χ1v) is 6.38. The normalized spacial score (nSPS) is 39.6. The molecule has 0 spiro atoms. The molecule has 0 N–H and O–H groups in total. The quantitative estimate of drug-likeness (QED) is 0.609. The summed E-state index contributed by atoms with van der Waals surface area (Å²) in [5.41, 5.74) is 0.647. The van der Waals surface area contributed by atoms with Gasteiger partial charge in [0.05, 0.1) is 0 Å². The molecule has 4 unspecified atom stereocenters. The van der Waals surface area contributed by atoms with Crippen molar-refractivity contribution in [1.29, 1.82) is 0 Å². The van der Waals surface area contributed by atoms with Crippen LogP contribution in [-0.2, 0) is 0 Å². The summed E-state index contributed by atoms with van der Waals surface area (Å²) in [6, 6.07) is 0. The van der Waals surface area contributed by atoms with Crippen LogP contribution in [0, 0.1) is 29.1 Å². The maximum absolute atomic E-state index is 2.50. The molecule has 1 fully saturated rings. The van der Waals surface area contributed by atoms with Gasteiger partial charge in [-0.3, -0.25) is 0 Å². The van der Waals surface area contributed by atoms with Crippen LogP contribution in [-0.4, -0.2) is 0 Å². The van der Waals surface area contributed by atoms with Crippen molar-refractivity contribution in [3.63, 3.8) is 0 Å². The molecule has 0 radical (unpaired) electrons. The lowest BCUT2D eigenvalue weighted by molar-refractivity contribution is -0.0548. The fourth-order valence-electron chi connectivity index (χ4n) is 3.11. The van der Waals surface area contributed by atoms with Crippen LogP contribution in [0.1, 0.15) is 60.8 Å². The highest BCUT2D eigenvalue weighted by atomic mass is 14.5. The molecule has 1 aliphatic carbocycles. The molecule has 0 aromatic rings. The van der Waals surface area contributed by atoms with E-state index >= 15 is 0 Å². The Kier molecular flexibility index (Phi) is 3.66. The molecule has 1 rings (SSSR count). The molecule has 0 bridgehead atoms.